The van der Waals surface area contributed by atoms with Gasteiger partial charge < -0.3 is 15.0 Å². The number of hydrogen-bond donors (Lipinski definition) is 1. The third-order valence-corrected chi connectivity index (χ3v) is 6.43. The first-order valence-electron chi connectivity index (χ1n) is 11.8. The second-order valence-corrected chi connectivity index (χ2v) is 9.65. The lowest BCUT2D eigenvalue weighted by molar-refractivity contribution is -0.142. The van der Waals surface area contributed by atoms with Gasteiger partial charge in [0.25, 0.3) is 5.91 Å². The molecule has 0 unspecified atom stereocenters. The van der Waals surface area contributed by atoms with Crippen LogP contribution in [0.4, 0.5) is 4.39 Å². The van der Waals surface area contributed by atoms with E-state index in [0.717, 1.165) is 22.9 Å². The van der Waals surface area contributed by atoms with E-state index < -0.39 is 17.8 Å². The van der Waals surface area contributed by atoms with Gasteiger partial charge in [0.2, 0.25) is 5.91 Å². The van der Waals surface area contributed by atoms with Gasteiger partial charge in [-0.2, -0.15) is 0 Å². The standard InChI is InChI=1S/C28H29BrClFN2O3/c1-2-3-15-32-28(35)25(16-20-9-5-4-6-10-20)33(18-21-11-7-8-12-24(21)31)27(34)19-36-26-14-13-22(29)17-23(26)30/h4-14,17,25H,2-3,15-16,18-19H2,1H3,(H,32,35)/t25-/m0/s1. The quantitative estimate of drug-likeness (QED) is 0.263. The van der Waals surface area contributed by atoms with Crippen LogP contribution >= 0.6 is 27.5 Å². The SMILES string of the molecule is CCCCNC(=O)[C@H](Cc1ccccc1)N(Cc1ccccc1F)C(=O)COc1ccc(Br)cc1Cl. The van der Waals surface area contributed by atoms with Crippen molar-refractivity contribution in [1.82, 2.24) is 10.2 Å². The van der Waals surface area contributed by atoms with E-state index >= 15 is 0 Å². The molecule has 0 saturated carbocycles. The topological polar surface area (TPSA) is 58.6 Å². The van der Waals surface area contributed by atoms with Crippen LogP contribution in [-0.4, -0.2) is 35.9 Å². The molecule has 3 rings (SSSR count). The number of halogens is 3. The Bertz CT molecular complexity index is 1160. The average Bonchev–Trinajstić information content (AvgIpc) is 2.87. The molecule has 3 aromatic rings. The molecule has 0 heterocycles. The molecule has 0 aliphatic heterocycles. The lowest BCUT2D eigenvalue weighted by Gasteiger charge is -2.31. The Labute approximate surface area is 224 Å². The summed E-state index contributed by atoms with van der Waals surface area (Å²) in [5.41, 5.74) is 1.20. The summed E-state index contributed by atoms with van der Waals surface area (Å²) in [6.45, 7) is 2.09. The fraction of sp³-hybridized carbons (Fsp3) is 0.286. The zero-order valence-electron chi connectivity index (χ0n) is 20.1. The van der Waals surface area contributed by atoms with Crippen molar-refractivity contribution in [3.05, 3.63) is 99.2 Å². The second kappa shape index (κ2) is 14.0. The molecule has 3 aromatic carbocycles. The second-order valence-electron chi connectivity index (χ2n) is 8.33. The van der Waals surface area contributed by atoms with Gasteiger partial charge in [-0.3, -0.25) is 9.59 Å². The van der Waals surface area contributed by atoms with Gasteiger partial charge in [0, 0.05) is 29.5 Å². The maximum absolute atomic E-state index is 14.6. The molecule has 5 nitrogen and oxygen atoms in total. The van der Waals surface area contributed by atoms with E-state index in [0.29, 0.717) is 22.9 Å². The maximum atomic E-state index is 14.6. The van der Waals surface area contributed by atoms with Crippen LogP contribution in [0.2, 0.25) is 5.02 Å². The van der Waals surface area contributed by atoms with Crippen molar-refractivity contribution < 1.29 is 18.7 Å². The highest BCUT2D eigenvalue weighted by molar-refractivity contribution is 9.10. The van der Waals surface area contributed by atoms with E-state index in [1.807, 2.05) is 37.3 Å². The van der Waals surface area contributed by atoms with Crippen LogP contribution in [0, 0.1) is 5.82 Å². The fourth-order valence-electron chi connectivity index (χ4n) is 3.68. The molecule has 36 heavy (non-hydrogen) atoms. The number of nitrogens with one attached hydrogen (secondary N) is 1. The number of hydrogen-bond acceptors (Lipinski definition) is 3. The number of amides is 2. The van der Waals surface area contributed by atoms with E-state index in [4.69, 9.17) is 16.3 Å². The molecule has 0 aliphatic carbocycles. The van der Waals surface area contributed by atoms with Gasteiger partial charge in [0.1, 0.15) is 17.6 Å². The lowest BCUT2D eigenvalue weighted by atomic mass is 10.0. The van der Waals surface area contributed by atoms with Gasteiger partial charge in [0.15, 0.2) is 6.61 Å². The van der Waals surface area contributed by atoms with Crippen LogP contribution in [0.15, 0.2) is 77.3 Å². The van der Waals surface area contributed by atoms with Crippen molar-refractivity contribution in [2.75, 3.05) is 13.2 Å². The van der Waals surface area contributed by atoms with E-state index in [2.05, 4.69) is 21.2 Å². The molecular formula is C28H29BrClFN2O3. The maximum Gasteiger partial charge on any atom is 0.261 e. The monoisotopic (exact) mass is 574 g/mol. The van der Waals surface area contributed by atoms with Gasteiger partial charge in [-0.1, -0.05) is 89.4 Å². The highest BCUT2D eigenvalue weighted by atomic mass is 79.9. The Hall–Kier alpha value is -2.90. The highest BCUT2D eigenvalue weighted by Crippen LogP contribution is 2.28. The molecule has 1 N–H and O–H groups in total. The van der Waals surface area contributed by atoms with Crippen molar-refractivity contribution in [2.45, 2.75) is 38.8 Å². The summed E-state index contributed by atoms with van der Waals surface area (Å²) in [5, 5.41) is 3.28. The molecule has 8 heteroatoms. The first-order valence-corrected chi connectivity index (χ1v) is 13.0. The first kappa shape index (κ1) is 27.7. The van der Waals surface area contributed by atoms with Crippen molar-refractivity contribution >= 4 is 39.3 Å². The van der Waals surface area contributed by atoms with Crippen LogP contribution in [0.25, 0.3) is 0 Å². The van der Waals surface area contributed by atoms with E-state index in [1.165, 1.54) is 11.0 Å². The molecule has 0 aromatic heterocycles. The van der Waals surface area contributed by atoms with Gasteiger partial charge in [-0.15, -0.1) is 0 Å². The largest absolute Gasteiger partial charge is 0.482 e. The Morgan fingerprint density at radius 1 is 1.08 bits per heavy atom. The van der Waals surface area contributed by atoms with Crippen molar-refractivity contribution in [1.29, 1.82) is 0 Å². The van der Waals surface area contributed by atoms with E-state index in [1.54, 1.807) is 36.4 Å². The molecule has 190 valence electrons. The molecular weight excluding hydrogens is 547 g/mol. The van der Waals surface area contributed by atoms with Crippen LogP contribution < -0.4 is 10.1 Å². The summed E-state index contributed by atoms with van der Waals surface area (Å²) in [6, 6.07) is 19.9. The zero-order valence-corrected chi connectivity index (χ0v) is 22.4. The summed E-state index contributed by atoms with van der Waals surface area (Å²) < 4.78 is 21.1. The van der Waals surface area contributed by atoms with E-state index in [9.17, 15) is 14.0 Å². The van der Waals surface area contributed by atoms with Crippen molar-refractivity contribution in [3.8, 4) is 5.75 Å². The summed E-state index contributed by atoms with van der Waals surface area (Å²) in [4.78, 5) is 28.3. The van der Waals surface area contributed by atoms with E-state index in [-0.39, 0.29) is 25.5 Å². The molecule has 0 saturated heterocycles. The third kappa shape index (κ3) is 8.07. The van der Waals surface area contributed by atoms with Crippen LogP contribution in [-0.2, 0) is 22.6 Å². The minimum atomic E-state index is -0.861. The third-order valence-electron chi connectivity index (χ3n) is 5.64. The summed E-state index contributed by atoms with van der Waals surface area (Å²) in [5.74, 6) is -0.856. The van der Waals surface area contributed by atoms with Crippen molar-refractivity contribution in [2.24, 2.45) is 0 Å². The summed E-state index contributed by atoms with van der Waals surface area (Å²) >= 11 is 9.58. The molecule has 0 radical (unpaired) electrons. The number of carbonyl (C=O) groups excluding carboxylic acids is 2. The van der Waals surface area contributed by atoms with Gasteiger partial charge in [0.05, 0.1) is 5.02 Å². The van der Waals surface area contributed by atoms with Crippen LogP contribution in [0.3, 0.4) is 0 Å². The molecule has 0 spiro atoms. The lowest BCUT2D eigenvalue weighted by Crippen LogP contribution is -2.52. The first-order chi connectivity index (χ1) is 17.4. The van der Waals surface area contributed by atoms with Crippen molar-refractivity contribution in [3.63, 3.8) is 0 Å². The average molecular weight is 576 g/mol. The number of benzene rings is 3. The number of carbonyl (C=O) groups is 2. The molecule has 0 bridgehead atoms. The zero-order chi connectivity index (χ0) is 25.9. The number of ether oxygens (including phenoxy) is 1. The minimum absolute atomic E-state index is 0.0817. The molecule has 0 aliphatic rings. The van der Waals surface area contributed by atoms with Crippen LogP contribution in [0.5, 0.6) is 5.75 Å². The summed E-state index contributed by atoms with van der Waals surface area (Å²) in [7, 11) is 0. The predicted molar refractivity (Wildman–Crippen MR) is 143 cm³/mol. The Morgan fingerprint density at radius 3 is 2.50 bits per heavy atom. The Balaban J connectivity index is 1.90. The molecule has 1 atom stereocenters. The van der Waals surface area contributed by atoms with Gasteiger partial charge >= 0.3 is 0 Å². The molecule has 0 fully saturated rings. The number of unbranched alkanes of at least 4 members (excludes halogenated alkanes) is 1. The predicted octanol–water partition coefficient (Wildman–Crippen LogP) is 6.18. The summed E-state index contributed by atoms with van der Waals surface area (Å²) in [6.07, 6.45) is 2.01. The van der Waals surface area contributed by atoms with Crippen LogP contribution in [0.1, 0.15) is 30.9 Å². The van der Waals surface area contributed by atoms with Gasteiger partial charge in [-0.25, -0.2) is 4.39 Å². The smallest absolute Gasteiger partial charge is 0.261 e. The minimum Gasteiger partial charge on any atom is -0.482 e. The Kier molecular flexibility index (Phi) is 10.8. The normalized spacial score (nSPS) is 11.6. The fourth-order valence-corrected chi connectivity index (χ4v) is 4.41. The highest BCUT2D eigenvalue weighted by Gasteiger charge is 2.31. The number of rotatable bonds is 12. The molecule has 2 amide bonds. The van der Waals surface area contributed by atoms with Gasteiger partial charge in [-0.05, 0) is 36.2 Å². The number of nitrogens with zero attached hydrogens (tertiary/aromatic N) is 1. The Morgan fingerprint density at radius 2 is 1.81 bits per heavy atom.